The molecular formula is C14H14ClNO2. The summed E-state index contributed by atoms with van der Waals surface area (Å²) in [5.41, 5.74) is 0.634. The number of allylic oxidation sites excluding steroid dienone is 2. The lowest BCUT2D eigenvalue weighted by atomic mass is 9.93. The number of fused-ring (bicyclic) bond motifs is 2. The number of amides is 1. The van der Waals surface area contributed by atoms with Crippen LogP contribution in [0.15, 0.2) is 30.4 Å². The van der Waals surface area contributed by atoms with E-state index in [4.69, 9.17) is 11.6 Å². The van der Waals surface area contributed by atoms with E-state index in [0.717, 1.165) is 12.8 Å². The van der Waals surface area contributed by atoms with Gasteiger partial charge < -0.3 is 10.4 Å². The van der Waals surface area contributed by atoms with E-state index in [1.165, 1.54) is 6.07 Å². The van der Waals surface area contributed by atoms with E-state index in [0.29, 0.717) is 17.5 Å². The maximum atomic E-state index is 12.2. The Bertz CT molecular complexity index is 527. The lowest BCUT2D eigenvalue weighted by Crippen LogP contribution is -2.25. The first-order chi connectivity index (χ1) is 8.63. The number of halogens is 1. The molecule has 0 saturated heterocycles. The molecule has 0 aliphatic heterocycles. The highest BCUT2D eigenvalue weighted by atomic mass is 35.5. The molecule has 2 aliphatic carbocycles. The lowest BCUT2D eigenvalue weighted by Gasteiger charge is -2.17. The first kappa shape index (κ1) is 11.6. The average molecular weight is 264 g/mol. The molecule has 3 atom stereocenters. The standard InChI is InChI=1S/C14H14ClNO2/c15-12-7-10(3-4-13(12)17)16-14(18)11-6-8-1-2-9(11)5-8/h1-4,7-9,11,17H,5-6H2,(H,16,18). The number of carbonyl (C=O) groups excluding carboxylic acids is 1. The molecule has 1 saturated carbocycles. The highest BCUT2D eigenvalue weighted by Crippen LogP contribution is 2.43. The SMILES string of the molecule is O=C(Nc1ccc(O)c(Cl)c1)C1CC2C=CC1C2. The number of hydrogen-bond donors (Lipinski definition) is 2. The Labute approximate surface area is 110 Å². The predicted molar refractivity (Wildman–Crippen MR) is 70.6 cm³/mol. The fourth-order valence-electron chi connectivity index (χ4n) is 2.90. The molecule has 0 aromatic heterocycles. The molecule has 2 bridgehead atoms. The largest absolute Gasteiger partial charge is 0.506 e. The van der Waals surface area contributed by atoms with Gasteiger partial charge in [-0.3, -0.25) is 4.79 Å². The number of phenolic OH excluding ortho intramolecular Hbond substituents is 1. The van der Waals surface area contributed by atoms with Crippen molar-refractivity contribution in [2.24, 2.45) is 17.8 Å². The molecule has 94 valence electrons. The Balaban J connectivity index is 1.71. The van der Waals surface area contributed by atoms with Crippen LogP contribution in [0.3, 0.4) is 0 Å². The monoisotopic (exact) mass is 263 g/mol. The van der Waals surface area contributed by atoms with Crippen LogP contribution >= 0.6 is 11.6 Å². The van der Waals surface area contributed by atoms with E-state index in [1.807, 2.05) is 0 Å². The molecule has 3 unspecified atom stereocenters. The van der Waals surface area contributed by atoms with E-state index in [9.17, 15) is 9.90 Å². The molecule has 3 rings (SSSR count). The molecule has 2 N–H and O–H groups in total. The zero-order chi connectivity index (χ0) is 12.7. The third kappa shape index (κ3) is 1.99. The van der Waals surface area contributed by atoms with Crippen molar-refractivity contribution >= 4 is 23.2 Å². The van der Waals surface area contributed by atoms with Crippen molar-refractivity contribution in [3.05, 3.63) is 35.4 Å². The van der Waals surface area contributed by atoms with Crippen LogP contribution in [0.4, 0.5) is 5.69 Å². The van der Waals surface area contributed by atoms with Gasteiger partial charge in [-0.25, -0.2) is 0 Å². The van der Waals surface area contributed by atoms with Crippen LogP contribution in [-0.4, -0.2) is 11.0 Å². The van der Waals surface area contributed by atoms with E-state index >= 15 is 0 Å². The van der Waals surface area contributed by atoms with Crippen molar-refractivity contribution < 1.29 is 9.90 Å². The van der Waals surface area contributed by atoms with Crippen molar-refractivity contribution in [1.82, 2.24) is 0 Å². The van der Waals surface area contributed by atoms with Crippen molar-refractivity contribution in [1.29, 1.82) is 0 Å². The van der Waals surface area contributed by atoms with Gasteiger partial charge in [-0.05, 0) is 42.9 Å². The topological polar surface area (TPSA) is 49.3 Å². The van der Waals surface area contributed by atoms with Crippen LogP contribution in [0, 0.1) is 17.8 Å². The fourth-order valence-corrected chi connectivity index (χ4v) is 3.08. The molecule has 1 aromatic rings. The Morgan fingerprint density at radius 1 is 1.33 bits per heavy atom. The minimum atomic E-state index is 0.0255. The van der Waals surface area contributed by atoms with Gasteiger partial charge >= 0.3 is 0 Å². The molecule has 4 heteroatoms. The summed E-state index contributed by atoms with van der Waals surface area (Å²) < 4.78 is 0. The maximum absolute atomic E-state index is 12.2. The minimum absolute atomic E-state index is 0.0255. The second-order valence-corrected chi connectivity index (χ2v) is 5.45. The maximum Gasteiger partial charge on any atom is 0.228 e. The average Bonchev–Trinajstić information content (AvgIpc) is 2.96. The zero-order valence-electron chi connectivity index (χ0n) is 9.77. The second-order valence-electron chi connectivity index (χ2n) is 5.04. The summed E-state index contributed by atoms with van der Waals surface area (Å²) >= 11 is 5.81. The third-order valence-electron chi connectivity index (χ3n) is 3.83. The normalized spacial score (nSPS) is 28.6. The summed E-state index contributed by atoms with van der Waals surface area (Å²) in [5.74, 6) is 1.12. The number of aromatic hydroxyl groups is 1. The quantitative estimate of drug-likeness (QED) is 0.636. The molecule has 1 amide bonds. The van der Waals surface area contributed by atoms with E-state index < -0.39 is 0 Å². The van der Waals surface area contributed by atoms with Gasteiger partial charge in [0, 0.05) is 11.6 Å². The zero-order valence-corrected chi connectivity index (χ0v) is 10.5. The van der Waals surface area contributed by atoms with Crippen molar-refractivity contribution in [2.45, 2.75) is 12.8 Å². The van der Waals surface area contributed by atoms with E-state index in [2.05, 4.69) is 17.5 Å². The second kappa shape index (κ2) is 4.32. The highest BCUT2D eigenvalue weighted by Gasteiger charge is 2.39. The Morgan fingerprint density at radius 2 is 2.17 bits per heavy atom. The van der Waals surface area contributed by atoms with Crippen LogP contribution in [0.5, 0.6) is 5.75 Å². The molecular weight excluding hydrogens is 250 g/mol. The fraction of sp³-hybridized carbons (Fsp3) is 0.357. The Kier molecular flexibility index (Phi) is 2.78. The summed E-state index contributed by atoms with van der Waals surface area (Å²) in [6.07, 6.45) is 6.42. The molecule has 2 aliphatic rings. The molecule has 0 heterocycles. The van der Waals surface area contributed by atoms with Gasteiger partial charge in [0.2, 0.25) is 5.91 Å². The summed E-state index contributed by atoms with van der Waals surface area (Å²) in [4.78, 5) is 12.2. The smallest absolute Gasteiger partial charge is 0.228 e. The molecule has 0 spiro atoms. The van der Waals surface area contributed by atoms with Gasteiger partial charge in [0.05, 0.1) is 5.02 Å². The number of phenols is 1. The lowest BCUT2D eigenvalue weighted by molar-refractivity contribution is -0.120. The van der Waals surface area contributed by atoms with Gasteiger partial charge in [0.1, 0.15) is 5.75 Å². The molecule has 3 nitrogen and oxygen atoms in total. The summed E-state index contributed by atoms with van der Waals surface area (Å²) in [6.45, 7) is 0. The van der Waals surface area contributed by atoms with Gasteiger partial charge in [-0.15, -0.1) is 0 Å². The number of anilines is 1. The highest BCUT2D eigenvalue weighted by molar-refractivity contribution is 6.32. The van der Waals surface area contributed by atoms with E-state index in [-0.39, 0.29) is 22.6 Å². The Morgan fingerprint density at radius 3 is 2.78 bits per heavy atom. The third-order valence-corrected chi connectivity index (χ3v) is 4.13. The minimum Gasteiger partial charge on any atom is -0.506 e. The number of hydrogen-bond acceptors (Lipinski definition) is 2. The van der Waals surface area contributed by atoms with Crippen LogP contribution in [0.2, 0.25) is 5.02 Å². The van der Waals surface area contributed by atoms with Gasteiger partial charge in [-0.2, -0.15) is 0 Å². The summed E-state index contributed by atoms with van der Waals surface area (Å²) in [5, 5.41) is 12.4. The number of nitrogens with one attached hydrogen (secondary N) is 1. The Hall–Kier alpha value is -1.48. The summed E-state index contributed by atoms with van der Waals surface area (Å²) in [7, 11) is 0. The molecule has 18 heavy (non-hydrogen) atoms. The van der Waals surface area contributed by atoms with Crippen LogP contribution in [-0.2, 0) is 4.79 Å². The number of rotatable bonds is 2. The summed E-state index contributed by atoms with van der Waals surface area (Å²) in [6, 6.07) is 4.71. The van der Waals surface area contributed by atoms with Crippen molar-refractivity contribution in [3.8, 4) is 5.75 Å². The van der Waals surface area contributed by atoms with Crippen molar-refractivity contribution in [2.75, 3.05) is 5.32 Å². The van der Waals surface area contributed by atoms with Crippen molar-refractivity contribution in [3.63, 3.8) is 0 Å². The number of carbonyl (C=O) groups is 1. The molecule has 1 aromatic carbocycles. The predicted octanol–water partition coefficient (Wildman–Crippen LogP) is 3.20. The first-order valence-electron chi connectivity index (χ1n) is 6.11. The number of benzene rings is 1. The van der Waals surface area contributed by atoms with Crippen LogP contribution < -0.4 is 5.32 Å². The van der Waals surface area contributed by atoms with Crippen LogP contribution in [0.25, 0.3) is 0 Å². The first-order valence-corrected chi connectivity index (χ1v) is 6.49. The van der Waals surface area contributed by atoms with Gasteiger partial charge in [0.15, 0.2) is 0 Å². The van der Waals surface area contributed by atoms with Gasteiger partial charge in [0.25, 0.3) is 0 Å². The molecule has 1 fully saturated rings. The van der Waals surface area contributed by atoms with Crippen LogP contribution in [0.1, 0.15) is 12.8 Å². The van der Waals surface area contributed by atoms with E-state index in [1.54, 1.807) is 12.1 Å². The van der Waals surface area contributed by atoms with Gasteiger partial charge in [-0.1, -0.05) is 23.8 Å². The molecule has 0 radical (unpaired) electrons.